The van der Waals surface area contributed by atoms with Gasteiger partial charge < -0.3 is 10.5 Å². The maximum Gasteiger partial charge on any atom is 0.142 e. The number of ether oxygens (including phenoxy) is 1. The lowest BCUT2D eigenvalue weighted by Gasteiger charge is -2.10. The summed E-state index contributed by atoms with van der Waals surface area (Å²) in [6.45, 7) is 2.58. The van der Waals surface area contributed by atoms with Crippen LogP contribution in [0.5, 0.6) is 11.5 Å². The van der Waals surface area contributed by atoms with Crippen LogP contribution in [0.15, 0.2) is 36.4 Å². The minimum absolute atomic E-state index is 0.0508. The third-order valence-electron chi connectivity index (χ3n) is 2.79. The normalized spacial score (nSPS) is 10.5. The Labute approximate surface area is 117 Å². The number of halogens is 2. The van der Waals surface area contributed by atoms with E-state index in [-0.39, 0.29) is 5.02 Å². The summed E-state index contributed by atoms with van der Waals surface area (Å²) in [5.41, 5.74) is 7.70. The van der Waals surface area contributed by atoms with E-state index in [9.17, 15) is 4.39 Å². The fourth-order valence-electron chi connectivity index (χ4n) is 1.82. The first kappa shape index (κ1) is 13.8. The second-order valence-corrected chi connectivity index (χ2v) is 4.72. The first-order valence-corrected chi connectivity index (χ1v) is 6.40. The van der Waals surface area contributed by atoms with Crippen LogP contribution in [0.2, 0.25) is 5.02 Å². The van der Waals surface area contributed by atoms with Crippen LogP contribution in [-0.2, 0) is 6.42 Å². The van der Waals surface area contributed by atoms with Crippen LogP contribution in [0.3, 0.4) is 0 Å². The van der Waals surface area contributed by atoms with Crippen molar-refractivity contribution >= 4 is 11.6 Å². The van der Waals surface area contributed by atoms with Gasteiger partial charge in [-0.05, 0) is 49.2 Å². The van der Waals surface area contributed by atoms with Gasteiger partial charge in [-0.3, -0.25) is 0 Å². The van der Waals surface area contributed by atoms with Crippen molar-refractivity contribution in [3.05, 3.63) is 58.4 Å². The molecule has 0 atom stereocenters. The van der Waals surface area contributed by atoms with Gasteiger partial charge in [0.15, 0.2) is 0 Å². The summed E-state index contributed by atoms with van der Waals surface area (Å²) in [5.74, 6) is 0.786. The Hall–Kier alpha value is -1.58. The molecule has 0 amide bonds. The van der Waals surface area contributed by atoms with Gasteiger partial charge in [0.1, 0.15) is 17.3 Å². The monoisotopic (exact) mass is 279 g/mol. The Balaban J connectivity index is 2.20. The van der Waals surface area contributed by atoms with Crippen molar-refractivity contribution in [2.75, 3.05) is 6.54 Å². The second kappa shape index (κ2) is 6.04. The zero-order chi connectivity index (χ0) is 13.8. The summed E-state index contributed by atoms with van der Waals surface area (Å²) in [5, 5.41) is 0.0508. The highest BCUT2D eigenvalue weighted by molar-refractivity contribution is 6.30. The van der Waals surface area contributed by atoms with Gasteiger partial charge in [-0.25, -0.2) is 4.39 Å². The van der Waals surface area contributed by atoms with E-state index in [2.05, 4.69) is 0 Å². The fourth-order valence-corrected chi connectivity index (χ4v) is 1.99. The van der Waals surface area contributed by atoms with E-state index < -0.39 is 5.82 Å². The maximum absolute atomic E-state index is 13.1. The highest BCUT2D eigenvalue weighted by atomic mass is 35.5. The fraction of sp³-hybridized carbons (Fsp3) is 0.200. The summed E-state index contributed by atoms with van der Waals surface area (Å²) in [4.78, 5) is 0. The van der Waals surface area contributed by atoms with Crippen LogP contribution in [0, 0.1) is 12.7 Å². The molecule has 0 spiro atoms. The molecule has 100 valence electrons. The van der Waals surface area contributed by atoms with Crippen LogP contribution >= 0.6 is 11.6 Å². The van der Waals surface area contributed by atoms with Crippen LogP contribution in [-0.4, -0.2) is 6.54 Å². The minimum Gasteiger partial charge on any atom is -0.457 e. The number of rotatable bonds is 4. The molecule has 0 fully saturated rings. The van der Waals surface area contributed by atoms with Crippen molar-refractivity contribution in [3.63, 3.8) is 0 Å². The number of hydrogen-bond donors (Lipinski definition) is 1. The van der Waals surface area contributed by atoms with Crippen molar-refractivity contribution < 1.29 is 9.13 Å². The lowest BCUT2D eigenvalue weighted by molar-refractivity contribution is 0.476. The largest absolute Gasteiger partial charge is 0.457 e. The van der Waals surface area contributed by atoms with Gasteiger partial charge in [-0.2, -0.15) is 0 Å². The first-order valence-electron chi connectivity index (χ1n) is 6.02. The molecule has 0 saturated heterocycles. The molecule has 0 saturated carbocycles. The molecular weight excluding hydrogens is 265 g/mol. The Kier molecular flexibility index (Phi) is 4.40. The standard InChI is InChI=1S/C15H15ClFNO/c1-10-8-11(6-7-18)2-5-15(10)19-12-3-4-14(17)13(16)9-12/h2-5,8-9H,6-7,18H2,1H3. The maximum atomic E-state index is 13.1. The molecule has 2 aromatic rings. The predicted octanol–water partition coefficient (Wildman–Crippen LogP) is 4.08. The van der Waals surface area contributed by atoms with E-state index in [1.54, 1.807) is 6.07 Å². The second-order valence-electron chi connectivity index (χ2n) is 4.32. The quantitative estimate of drug-likeness (QED) is 0.915. The summed E-state index contributed by atoms with van der Waals surface area (Å²) >= 11 is 5.72. The molecule has 4 heteroatoms. The number of benzene rings is 2. The molecule has 0 aliphatic carbocycles. The van der Waals surface area contributed by atoms with Crippen molar-refractivity contribution in [2.24, 2.45) is 5.73 Å². The predicted molar refractivity (Wildman–Crippen MR) is 75.4 cm³/mol. The van der Waals surface area contributed by atoms with Gasteiger partial charge in [0.2, 0.25) is 0 Å². The molecule has 0 heterocycles. The van der Waals surface area contributed by atoms with Crippen molar-refractivity contribution in [3.8, 4) is 11.5 Å². The summed E-state index contributed by atoms with van der Waals surface area (Å²) < 4.78 is 18.8. The third kappa shape index (κ3) is 3.46. The Morgan fingerprint density at radius 1 is 1.21 bits per heavy atom. The van der Waals surface area contributed by atoms with Gasteiger partial charge in [-0.15, -0.1) is 0 Å². The zero-order valence-corrected chi connectivity index (χ0v) is 11.4. The molecular formula is C15H15ClFNO. The Morgan fingerprint density at radius 3 is 2.63 bits per heavy atom. The average Bonchev–Trinajstić information content (AvgIpc) is 2.37. The molecule has 2 aromatic carbocycles. The molecule has 0 aromatic heterocycles. The zero-order valence-electron chi connectivity index (χ0n) is 10.6. The molecule has 0 aliphatic heterocycles. The lowest BCUT2D eigenvalue weighted by Crippen LogP contribution is -2.02. The molecule has 0 bridgehead atoms. The SMILES string of the molecule is Cc1cc(CCN)ccc1Oc1ccc(F)c(Cl)c1. The average molecular weight is 280 g/mol. The van der Waals surface area contributed by atoms with Gasteiger partial charge in [0.05, 0.1) is 5.02 Å². The van der Waals surface area contributed by atoms with Crippen molar-refractivity contribution in [1.29, 1.82) is 0 Å². The van der Waals surface area contributed by atoms with E-state index >= 15 is 0 Å². The van der Waals surface area contributed by atoms with Gasteiger partial charge >= 0.3 is 0 Å². The molecule has 2 N–H and O–H groups in total. The minimum atomic E-state index is -0.455. The number of aryl methyl sites for hydroxylation is 1. The summed E-state index contributed by atoms with van der Waals surface area (Å²) in [7, 11) is 0. The van der Waals surface area contributed by atoms with E-state index in [1.807, 2.05) is 25.1 Å². The number of hydrogen-bond acceptors (Lipinski definition) is 2. The van der Waals surface area contributed by atoms with E-state index in [1.165, 1.54) is 17.7 Å². The smallest absolute Gasteiger partial charge is 0.142 e. The highest BCUT2D eigenvalue weighted by Gasteiger charge is 2.05. The lowest BCUT2D eigenvalue weighted by atomic mass is 10.1. The van der Waals surface area contributed by atoms with Crippen LogP contribution < -0.4 is 10.5 Å². The van der Waals surface area contributed by atoms with Crippen molar-refractivity contribution in [1.82, 2.24) is 0 Å². The molecule has 0 aliphatic rings. The van der Waals surface area contributed by atoms with Crippen LogP contribution in [0.4, 0.5) is 4.39 Å². The van der Waals surface area contributed by atoms with Crippen molar-refractivity contribution in [2.45, 2.75) is 13.3 Å². The van der Waals surface area contributed by atoms with Crippen LogP contribution in [0.1, 0.15) is 11.1 Å². The van der Waals surface area contributed by atoms with Gasteiger partial charge in [0.25, 0.3) is 0 Å². The summed E-state index contributed by atoms with van der Waals surface area (Å²) in [6.07, 6.45) is 0.837. The molecule has 2 nitrogen and oxygen atoms in total. The Morgan fingerprint density at radius 2 is 2.00 bits per heavy atom. The highest BCUT2D eigenvalue weighted by Crippen LogP contribution is 2.28. The number of nitrogens with two attached hydrogens (primary N) is 1. The summed E-state index contributed by atoms with van der Waals surface area (Å²) in [6, 6.07) is 10.2. The molecule has 0 radical (unpaired) electrons. The third-order valence-corrected chi connectivity index (χ3v) is 3.08. The molecule has 2 rings (SSSR count). The first-order chi connectivity index (χ1) is 9.10. The van der Waals surface area contributed by atoms with Crippen LogP contribution in [0.25, 0.3) is 0 Å². The topological polar surface area (TPSA) is 35.2 Å². The van der Waals surface area contributed by atoms with E-state index in [4.69, 9.17) is 22.1 Å². The van der Waals surface area contributed by atoms with E-state index in [0.29, 0.717) is 12.3 Å². The van der Waals surface area contributed by atoms with Gasteiger partial charge in [0, 0.05) is 6.07 Å². The molecule has 19 heavy (non-hydrogen) atoms. The van der Waals surface area contributed by atoms with Gasteiger partial charge in [-0.1, -0.05) is 23.7 Å². The molecule has 0 unspecified atom stereocenters. The van der Waals surface area contributed by atoms with E-state index in [0.717, 1.165) is 17.7 Å². The Bertz CT molecular complexity index is 586.